The molecule has 0 bridgehead atoms. The summed E-state index contributed by atoms with van der Waals surface area (Å²) < 4.78 is 1.23. The molecule has 0 N–H and O–H groups in total. The number of halogens is 4. The average molecular weight is 367 g/mol. The summed E-state index contributed by atoms with van der Waals surface area (Å²) in [5, 5.41) is 5.04. The van der Waals surface area contributed by atoms with Crippen molar-refractivity contribution in [3.05, 3.63) is 60.4 Å². The fourth-order valence-electron chi connectivity index (χ4n) is 1.79. The minimum absolute atomic E-state index is 0.0409. The molecule has 0 amide bonds. The Labute approximate surface area is 141 Å². The van der Waals surface area contributed by atoms with Crippen LogP contribution in [0.3, 0.4) is 0 Å². The predicted molar refractivity (Wildman–Crippen MR) is 86.4 cm³/mol. The van der Waals surface area contributed by atoms with Gasteiger partial charge in [-0.25, -0.2) is 4.68 Å². The molecule has 21 heavy (non-hydrogen) atoms. The quantitative estimate of drug-likeness (QED) is 0.822. The molecule has 1 aromatic carbocycles. The molecule has 4 nitrogen and oxygen atoms in total. The van der Waals surface area contributed by atoms with Crippen molar-refractivity contribution in [2.45, 2.75) is 13.2 Å². The summed E-state index contributed by atoms with van der Waals surface area (Å²) in [6, 6.07) is 5.41. The second-order valence-electron chi connectivity index (χ2n) is 4.48. The zero-order valence-corrected chi connectivity index (χ0v) is 14.0. The van der Waals surface area contributed by atoms with Crippen LogP contribution >= 0.6 is 46.4 Å². The molecule has 2 rings (SSSR count). The molecule has 1 heterocycles. The first-order chi connectivity index (χ1) is 9.90. The van der Waals surface area contributed by atoms with Gasteiger partial charge < -0.3 is 0 Å². The minimum atomic E-state index is -0.437. The van der Waals surface area contributed by atoms with Crippen LogP contribution in [-0.4, -0.2) is 21.7 Å². The number of rotatable bonds is 4. The largest absolute Gasteiger partial charge is 0.288 e. The monoisotopic (exact) mass is 365 g/mol. The Hall–Kier alpha value is -0.780. The Bertz CT molecular complexity index is 717. The lowest BCUT2D eigenvalue weighted by Gasteiger charge is -2.18. The van der Waals surface area contributed by atoms with Crippen molar-refractivity contribution < 1.29 is 0 Å². The molecule has 1 aromatic heterocycles. The number of hydrogen-bond acceptors (Lipinski definition) is 3. The van der Waals surface area contributed by atoms with Gasteiger partial charge in [-0.15, -0.1) is 0 Å². The van der Waals surface area contributed by atoms with Crippen LogP contribution in [0.2, 0.25) is 20.1 Å². The molecule has 112 valence electrons. The Morgan fingerprint density at radius 2 is 1.86 bits per heavy atom. The highest BCUT2D eigenvalue weighted by molar-refractivity contribution is 6.42. The molecule has 0 saturated carbocycles. The van der Waals surface area contributed by atoms with E-state index >= 15 is 0 Å². The molecule has 0 saturated heterocycles. The van der Waals surface area contributed by atoms with Gasteiger partial charge in [-0.05, 0) is 18.7 Å². The Morgan fingerprint density at radius 1 is 1.14 bits per heavy atom. The normalized spacial score (nSPS) is 11.1. The van der Waals surface area contributed by atoms with Crippen molar-refractivity contribution >= 4 is 46.4 Å². The van der Waals surface area contributed by atoms with Gasteiger partial charge in [0.2, 0.25) is 0 Å². The molecule has 0 aliphatic heterocycles. The van der Waals surface area contributed by atoms with Crippen LogP contribution in [0, 0.1) is 0 Å². The second kappa shape index (κ2) is 6.99. The van der Waals surface area contributed by atoms with E-state index in [4.69, 9.17) is 46.4 Å². The molecular formula is C13H11Cl4N3O. The van der Waals surface area contributed by atoms with Gasteiger partial charge in [-0.3, -0.25) is 9.69 Å². The molecule has 0 atom stereocenters. The molecular weight excluding hydrogens is 356 g/mol. The van der Waals surface area contributed by atoms with Gasteiger partial charge in [0, 0.05) is 6.54 Å². The van der Waals surface area contributed by atoms with E-state index in [0.717, 1.165) is 5.56 Å². The smallest absolute Gasteiger partial charge is 0.283 e. The molecule has 0 unspecified atom stereocenters. The number of benzene rings is 1. The fourth-order valence-corrected chi connectivity index (χ4v) is 2.44. The summed E-state index contributed by atoms with van der Waals surface area (Å²) in [7, 11) is 1.83. The number of hydrogen-bond donors (Lipinski definition) is 0. The summed E-state index contributed by atoms with van der Waals surface area (Å²) in [5.41, 5.74) is 0.424. The van der Waals surface area contributed by atoms with Gasteiger partial charge >= 0.3 is 0 Å². The van der Waals surface area contributed by atoms with E-state index in [0.29, 0.717) is 16.6 Å². The van der Waals surface area contributed by atoms with E-state index in [9.17, 15) is 4.79 Å². The van der Waals surface area contributed by atoms with Crippen LogP contribution in [0.1, 0.15) is 5.56 Å². The van der Waals surface area contributed by atoms with E-state index in [1.165, 1.54) is 10.9 Å². The van der Waals surface area contributed by atoms with Crippen molar-refractivity contribution in [3.8, 4) is 0 Å². The molecule has 0 radical (unpaired) electrons. The zero-order valence-electron chi connectivity index (χ0n) is 11.0. The van der Waals surface area contributed by atoms with Crippen molar-refractivity contribution in [2.24, 2.45) is 0 Å². The first-order valence-corrected chi connectivity index (χ1v) is 7.44. The van der Waals surface area contributed by atoms with Crippen molar-refractivity contribution in [1.82, 2.24) is 14.7 Å². The Kier molecular flexibility index (Phi) is 5.52. The first-order valence-electron chi connectivity index (χ1n) is 5.92. The van der Waals surface area contributed by atoms with Crippen molar-refractivity contribution in [2.75, 3.05) is 7.05 Å². The van der Waals surface area contributed by atoms with E-state index < -0.39 is 5.56 Å². The highest BCUT2D eigenvalue weighted by Gasteiger charge is 2.11. The van der Waals surface area contributed by atoms with Crippen LogP contribution in [0.5, 0.6) is 0 Å². The minimum Gasteiger partial charge on any atom is -0.283 e. The summed E-state index contributed by atoms with van der Waals surface area (Å²) in [6.07, 6.45) is 1.34. The third-order valence-electron chi connectivity index (χ3n) is 2.79. The van der Waals surface area contributed by atoms with Crippen LogP contribution in [-0.2, 0) is 13.2 Å². The third kappa shape index (κ3) is 3.90. The van der Waals surface area contributed by atoms with Gasteiger partial charge in [-0.1, -0.05) is 58.5 Å². The standard InChI is InChI=1S/C13H11Cl4N3O/c1-19(6-8-3-2-4-9(14)11(8)16)7-20-13(21)12(17)10(15)5-18-20/h2-5H,6-7H2,1H3. The van der Waals surface area contributed by atoms with Crippen LogP contribution in [0.15, 0.2) is 29.2 Å². The molecule has 8 heteroatoms. The lowest BCUT2D eigenvalue weighted by atomic mass is 10.2. The van der Waals surface area contributed by atoms with E-state index in [1.54, 1.807) is 6.07 Å². The third-order valence-corrected chi connectivity index (χ3v) is 4.40. The first kappa shape index (κ1) is 16.6. The summed E-state index contributed by atoms with van der Waals surface area (Å²) in [4.78, 5) is 13.8. The van der Waals surface area contributed by atoms with Gasteiger partial charge in [0.1, 0.15) is 5.02 Å². The van der Waals surface area contributed by atoms with Gasteiger partial charge in [0.05, 0.1) is 27.9 Å². The molecule has 2 aromatic rings. The Balaban J connectivity index is 2.16. The molecule has 0 fully saturated rings. The summed E-state index contributed by atoms with van der Waals surface area (Å²) in [5.74, 6) is 0. The maximum Gasteiger partial charge on any atom is 0.288 e. The van der Waals surface area contributed by atoms with Gasteiger partial charge in [0.15, 0.2) is 0 Å². The summed E-state index contributed by atoms with van der Waals surface area (Å²) in [6.45, 7) is 0.756. The lowest BCUT2D eigenvalue weighted by Crippen LogP contribution is -2.31. The topological polar surface area (TPSA) is 38.1 Å². The highest BCUT2D eigenvalue weighted by atomic mass is 35.5. The zero-order chi connectivity index (χ0) is 15.6. The van der Waals surface area contributed by atoms with Crippen LogP contribution in [0.25, 0.3) is 0 Å². The van der Waals surface area contributed by atoms with E-state index in [-0.39, 0.29) is 16.7 Å². The lowest BCUT2D eigenvalue weighted by molar-refractivity contribution is 0.240. The van der Waals surface area contributed by atoms with Crippen LogP contribution < -0.4 is 5.56 Å². The Morgan fingerprint density at radius 3 is 2.57 bits per heavy atom. The van der Waals surface area contributed by atoms with E-state index in [1.807, 2.05) is 24.1 Å². The SMILES string of the molecule is CN(Cc1cccc(Cl)c1Cl)Cn1ncc(Cl)c(Cl)c1=O. The number of nitrogens with zero attached hydrogens (tertiary/aromatic N) is 3. The second-order valence-corrected chi connectivity index (χ2v) is 6.05. The van der Waals surface area contributed by atoms with Gasteiger partial charge in [0.25, 0.3) is 5.56 Å². The molecule has 0 aliphatic carbocycles. The van der Waals surface area contributed by atoms with Gasteiger partial charge in [-0.2, -0.15) is 5.10 Å². The van der Waals surface area contributed by atoms with Crippen molar-refractivity contribution in [1.29, 1.82) is 0 Å². The highest BCUT2D eigenvalue weighted by Crippen LogP contribution is 2.26. The average Bonchev–Trinajstić information content (AvgIpc) is 2.45. The molecule has 0 aliphatic rings. The maximum absolute atomic E-state index is 11.9. The predicted octanol–water partition coefficient (Wildman–Crippen LogP) is 3.95. The summed E-state index contributed by atoms with van der Waals surface area (Å²) >= 11 is 23.7. The van der Waals surface area contributed by atoms with Crippen molar-refractivity contribution in [3.63, 3.8) is 0 Å². The van der Waals surface area contributed by atoms with Crippen LogP contribution in [0.4, 0.5) is 0 Å². The number of aromatic nitrogens is 2. The van der Waals surface area contributed by atoms with E-state index in [2.05, 4.69) is 5.10 Å². The maximum atomic E-state index is 11.9. The fraction of sp³-hybridized carbons (Fsp3) is 0.231. The molecule has 0 spiro atoms.